The van der Waals surface area contributed by atoms with Crippen LogP contribution in [0.2, 0.25) is 0 Å². The summed E-state index contributed by atoms with van der Waals surface area (Å²) in [5.74, 6) is 0.350. The molecule has 1 aromatic rings. The van der Waals surface area contributed by atoms with Crippen LogP contribution in [-0.2, 0) is 6.54 Å². The minimum atomic E-state index is -0.538. The molecule has 0 aliphatic rings. The quantitative estimate of drug-likeness (QED) is 0.397. The number of halogens is 1. The van der Waals surface area contributed by atoms with Gasteiger partial charge in [-0.05, 0) is 26.4 Å². The number of rotatable bonds is 4. The molecule has 1 heterocycles. The predicted molar refractivity (Wildman–Crippen MR) is 59.6 cm³/mol. The van der Waals surface area contributed by atoms with Crippen molar-refractivity contribution in [2.24, 2.45) is 0 Å². The van der Waals surface area contributed by atoms with Crippen molar-refractivity contribution in [3.8, 4) is 0 Å². The number of aromatic nitrogens is 2. The summed E-state index contributed by atoms with van der Waals surface area (Å²) in [5.41, 5.74) is 0.846. The van der Waals surface area contributed by atoms with Crippen molar-refractivity contribution in [1.29, 1.82) is 0 Å². The molecule has 7 heteroatoms. The molecule has 0 saturated carbocycles. The van der Waals surface area contributed by atoms with Crippen LogP contribution in [0.3, 0.4) is 0 Å². The SMILES string of the molecule is C=C(CS)Cn1cc(Br)c([N+](=O)[O-])n1. The first kappa shape index (κ1) is 11.3. The second-order valence-corrected chi connectivity index (χ2v) is 3.83. The van der Waals surface area contributed by atoms with E-state index in [1.165, 1.54) is 4.68 Å². The van der Waals surface area contributed by atoms with Crippen molar-refractivity contribution in [1.82, 2.24) is 9.78 Å². The third-order valence-electron chi connectivity index (χ3n) is 1.48. The molecular formula is C7H8BrN3O2S. The molecule has 0 N–H and O–H groups in total. The Morgan fingerprint density at radius 3 is 2.93 bits per heavy atom. The maximum absolute atomic E-state index is 10.5. The molecule has 0 unspecified atom stereocenters. The van der Waals surface area contributed by atoms with Crippen molar-refractivity contribution >= 4 is 34.4 Å². The standard InChI is InChI=1S/C7H8BrN3O2S/c1-5(4-14)2-10-3-6(8)7(9-10)11(12)13/h3,14H,1-2,4H2. The van der Waals surface area contributed by atoms with E-state index in [2.05, 4.69) is 40.2 Å². The fourth-order valence-corrected chi connectivity index (χ4v) is 1.43. The summed E-state index contributed by atoms with van der Waals surface area (Å²) < 4.78 is 1.83. The summed E-state index contributed by atoms with van der Waals surface area (Å²) in [6.07, 6.45) is 1.55. The van der Waals surface area contributed by atoms with Crippen LogP contribution < -0.4 is 0 Å². The average Bonchev–Trinajstić information content (AvgIpc) is 2.46. The van der Waals surface area contributed by atoms with Gasteiger partial charge in [-0.3, -0.25) is 0 Å². The molecule has 0 fully saturated rings. The summed E-state index contributed by atoms with van der Waals surface area (Å²) in [4.78, 5) is 9.91. The Labute approximate surface area is 94.5 Å². The van der Waals surface area contributed by atoms with Gasteiger partial charge in [-0.1, -0.05) is 6.58 Å². The Balaban J connectivity index is 2.86. The molecule has 0 saturated heterocycles. The summed E-state index contributed by atoms with van der Waals surface area (Å²) in [7, 11) is 0. The second-order valence-electron chi connectivity index (χ2n) is 2.66. The third kappa shape index (κ3) is 2.58. The van der Waals surface area contributed by atoms with Gasteiger partial charge in [0.2, 0.25) is 0 Å². The van der Waals surface area contributed by atoms with Crippen LogP contribution in [-0.4, -0.2) is 20.5 Å². The fourth-order valence-electron chi connectivity index (χ4n) is 0.871. The summed E-state index contributed by atoms with van der Waals surface area (Å²) >= 11 is 7.09. The monoisotopic (exact) mass is 277 g/mol. The number of hydrogen-bond donors (Lipinski definition) is 1. The van der Waals surface area contributed by atoms with Gasteiger partial charge >= 0.3 is 5.82 Å². The maximum atomic E-state index is 10.5. The van der Waals surface area contributed by atoms with E-state index in [1.54, 1.807) is 6.20 Å². The van der Waals surface area contributed by atoms with Gasteiger partial charge in [-0.15, -0.1) is 0 Å². The van der Waals surface area contributed by atoms with Crippen molar-refractivity contribution in [2.45, 2.75) is 6.54 Å². The molecule has 0 bridgehead atoms. The van der Waals surface area contributed by atoms with E-state index in [1.807, 2.05) is 0 Å². The number of nitrogens with zero attached hydrogens (tertiary/aromatic N) is 3. The van der Waals surface area contributed by atoms with Gasteiger partial charge in [0.05, 0.1) is 17.8 Å². The summed E-state index contributed by atoms with van der Waals surface area (Å²) in [6, 6.07) is 0. The van der Waals surface area contributed by atoms with E-state index >= 15 is 0 Å². The maximum Gasteiger partial charge on any atom is 0.404 e. The largest absolute Gasteiger partial charge is 0.404 e. The molecule has 76 valence electrons. The molecule has 14 heavy (non-hydrogen) atoms. The van der Waals surface area contributed by atoms with Gasteiger partial charge in [0.25, 0.3) is 0 Å². The minimum Gasteiger partial charge on any atom is -0.358 e. The average molecular weight is 278 g/mol. The highest BCUT2D eigenvalue weighted by Gasteiger charge is 2.18. The van der Waals surface area contributed by atoms with Gasteiger partial charge in [-0.2, -0.15) is 17.3 Å². The van der Waals surface area contributed by atoms with E-state index in [0.717, 1.165) is 5.57 Å². The van der Waals surface area contributed by atoms with Crippen LogP contribution in [0.5, 0.6) is 0 Å². The molecule has 5 nitrogen and oxygen atoms in total. The van der Waals surface area contributed by atoms with Crippen LogP contribution in [0, 0.1) is 10.1 Å². The molecule has 0 atom stereocenters. The normalized spacial score (nSPS) is 10.1. The molecule has 0 aliphatic carbocycles. The van der Waals surface area contributed by atoms with Gasteiger partial charge < -0.3 is 10.1 Å². The van der Waals surface area contributed by atoms with Gasteiger partial charge in [0.1, 0.15) is 4.47 Å². The van der Waals surface area contributed by atoms with Crippen LogP contribution >= 0.6 is 28.6 Å². The molecule has 0 spiro atoms. The van der Waals surface area contributed by atoms with Crippen molar-refractivity contribution < 1.29 is 4.92 Å². The van der Waals surface area contributed by atoms with E-state index in [-0.39, 0.29) is 5.82 Å². The van der Waals surface area contributed by atoms with Crippen molar-refractivity contribution in [2.75, 3.05) is 5.75 Å². The number of hydrogen-bond acceptors (Lipinski definition) is 4. The molecular weight excluding hydrogens is 270 g/mol. The lowest BCUT2D eigenvalue weighted by molar-refractivity contribution is -0.390. The highest BCUT2D eigenvalue weighted by atomic mass is 79.9. The Morgan fingerprint density at radius 1 is 1.86 bits per heavy atom. The van der Waals surface area contributed by atoms with Crippen LogP contribution in [0.15, 0.2) is 22.8 Å². The first-order valence-corrected chi connectivity index (χ1v) is 5.12. The Hall–Kier alpha value is -0.820. The first-order chi connectivity index (χ1) is 6.54. The molecule has 0 radical (unpaired) electrons. The van der Waals surface area contributed by atoms with Crippen molar-refractivity contribution in [3.63, 3.8) is 0 Å². The molecule has 1 aromatic heterocycles. The lowest BCUT2D eigenvalue weighted by Crippen LogP contribution is -2.02. The van der Waals surface area contributed by atoms with Gasteiger partial charge in [-0.25, -0.2) is 0 Å². The molecule has 0 amide bonds. The van der Waals surface area contributed by atoms with E-state index in [4.69, 9.17) is 0 Å². The topological polar surface area (TPSA) is 61.0 Å². The number of thiol groups is 1. The van der Waals surface area contributed by atoms with Gasteiger partial charge in [0.15, 0.2) is 0 Å². The predicted octanol–water partition coefficient (Wildman–Crippen LogP) is 2.04. The molecule has 0 aromatic carbocycles. The lowest BCUT2D eigenvalue weighted by atomic mass is 10.3. The van der Waals surface area contributed by atoms with E-state index in [9.17, 15) is 10.1 Å². The second kappa shape index (κ2) is 4.61. The number of nitro groups is 1. The van der Waals surface area contributed by atoms with Crippen LogP contribution in [0.1, 0.15) is 0 Å². The lowest BCUT2D eigenvalue weighted by Gasteiger charge is -1.96. The Morgan fingerprint density at radius 2 is 2.50 bits per heavy atom. The molecule has 1 rings (SSSR count). The molecule has 0 aliphatic heterocycles. The highest BCUT2D eigenvalue weighted by Crippen LogP contribution is 2.22. The summed E-state index contributed by atoms with van der Waals surface area (Å²) in [5, 5.41) is 14.2. The minimum absolute atomic E-state index is 0.183. The van der Waals surface area contributed by atoms with Crippen molar-refractivity contribution in [3.05, 3.63) is 32.9 Å². The van der Waals surface area contributed by atoms with E-state index < -0.39 is 4.92 Å². The summed E-state index contributed by atoms with van der Waals surface area (Å²) in [6.45, 7) is 4.17. The zero-order chi connectivity index (χ0) is 10.7. The Bertz CT molecular complexity index is 377. The zero-order valence-electron chi connectivity index (χ0n) is 7.18. The van der Waals surface area contributed by atoms with Crippen LogP contribution in [0.25, 0.3) is 0 Å². The third-order valence-corrected chi connectivity index (χ3v) is 2.49. The van der Waals surface area contributed by atoms with Crippen LogP contribution in [0.4, 0.5) is 5.82 Å². The Kier molecular flexibility index (Phi) is 3.70. The van der Waals surface area contributed by atoms with Gasteiger partial charge in [0, 0.05) is 5.75 Å². The van der Waals surface area contributed by atoms with E-state index in [0.29, 0.717) is 16.8 Å². The first-order valence-electron chi connectivity index (χ1n) is 3.69. The highest BCUT2D eigenvalue weighted by molar-refractivity contribution is 9.10. The smallest absolute Gasteiger partial charge is 0.358 e. The fraction of sp³-hybridized carbons (Fsp3) is 0.286. The zero-order valence-corrected chi connectivity index (χ0v) is 9.66.